The van der Waals surface area contributed by atoms with E-state index in [2.05, 4.69) is 0 Å². The largest absolute Gasteiger partial charge is 0.301 e. The zero-order valence-electron chi connectivity index (χ0n) is 11.2. The predicted octanol–water partition coefficient (Wildman–Crippen LogP) is 4.53. The molecule has 0 spiro atoms. The van der Waals surface area contributed by atoms with Crippen LogP contribution in [0.15, 0.2) is 30.3 Å². The van der Waals surface area contributed by atoms with Crippen LogP contribution in [0, 0.1) is 5.41 Å². The minimum absolute atomic E-state index is 0. The third-order valence-electron chi connectivity index (χ3n) is 3.75. The molecule has 0 aliphatic heterocycles. The van der Waals surface area contributed by atoms with E-state index in [-0.39, 0.29) is 24.1 Å². The highest BCUT2D eigenvalue weighted by atomic mass is 35.5. The molecule has 1 saturated carbocycles. The lowest BCUT2D eigenvalue weighted by atomic mass is 9.85. The van der Waals surface area contributed by atoms with Gasteiger partial charge in [-0.25, -0.2) is 0 Å². The number of nitrogens with one attached hydrogen (secondary N) is 1. The standard InChI is InChI=1S/C16H21NO.ClH/c17-16-14(13-9-5-4-6-10-13)11-7-2-1-3-8-12-15(16)18;/h4-6,9-10,14,17H,1-3,7-8,11-12H2;1H. The van der Waals surface area contributed by atoms with Gasteiger partial charge in [0.1, 0.15) is 0 Å². The molecule has 1 aromatic rings. The summed E-state index contributed by atoms with van der Waals surface area (Å²) in [5.74, 6) is 0.0579. The number of Topliss-reactive ketones (excluding diaryl/α,β-unsaturated/α-hetero) is 1. The van der Waals surface area contributed by atoms with E-state index in [0.29, 0.717) is 12.1 Å². The van der Waals surface area contributed by atoms with E-state index >= 15 is 0 Å². The van der Waals surface area contributed by atoms with Crippen molar-refractivity contribution < 1.29 is 4.79 Å². The van der Waals surface area contributed by atoms with Gasteiger partial charge in [-0.1, -0.05) is 56.0 Å². The second-order valence-electron chi connectivity index (χ2n) is 5.11. The predicted molar refractivity (Wildman–Crippen MR) is 81.5 cm³/mol. The molecular weight excluding hydrogens is 258 g/mol. The van der Waals surface area contributed by atoms with Crippen molar-refractivity contribution in [3.63, 3.8) is 0 Å². The van der Waals surface area contributed by atoms with Crippen LogP contribution in [0.2, 0.25) is 0 Å². The number of rotatable bonds is 1. The van der Waals surface area contributed by atoms with Crippen molar-refractivity contribution in [3.8, 4) is 0 Å². The SMILES string of the molecule is Cl.N=C1C(=O)CCCCCCCC1c1ccccc1. The van der Waals surface area contributed by atoms with Gasteiger partial charge in [0.15, 0.2) is 5.78 Å². The molecule has 19 heavy (non-hydrogen) atoms. The molecule has 1 atom stereocenters. The third-order valence-corrected chi connectivity index (χ3v) is 3.75. The van der Waals surface area contributed by atoms with Gasteiger partial charge in [-0.2, -0.15) is 0 Å². The molecular formula is C16H22ClNO. The summed E-state index contributed by atoms with van der Waals surface area (Å²) in [5.41, 5.74) is 1.44. The average Bonchev–Trinajstić information content (AvgIpc) is 2.41. The second-order valence-corrected chi connectivity index (χ2v) is 5.11. The summed E-state index contributed by atoms with van der Waals surface area (Å²) in [4.78, 5) is 12.0. The lowest BCUT2D eigenvalue weighted by Crippen LogP contribution is -2.22. The highest BCUT2D eigenvalue weighted by molar-refractivity contribution is 6.40. The minimum Gasteiger partial charge on any atom is -0.301 e. The van der Waals surface area contributed by atoms with Gasteiger partial charge < -0.3 is 5.41 Å². The molecule has 0 saturated heterocycles. The summed E-state index contributed by atoms with van der Waals surface area (Å²) < 4.78 is 0. The highest BCUT2D eigenvalue weighted by Gasteiger charge is 2.22. The summed E-state index contributed by atoms with van der Waals surface area (Å²) >= 11 is 0. The van der Waals surface area contributed by atoms with Crippen molar-refractivity contribution in [3.05, 3.63) is 35.9 Å². The Morgan fingerprint density at radius 1 is 0.947 bits per heavy atom. The molecule has 2 nitrogen and oxygen atoms in total. The molecule has 0 aromatic heterocycles. The van der Waals surface area contributed by atoms with Crippen LogP contribution in [0.1, 0.15) is 56.4 Å². The fraction of sp³-hybridized carbons (Fsp3) is 0.500. The number of halogens is 1. The highest BCUT2D eigenvalue weighted by Crippen LogP contribution is 2.26. The number of carbonyl (C=O) groups is 1. The fourth-order valence-electron chi connectivity index (χ4n) is 2.66. The van der Waals surface area contributed by atoms with Gasteiger partial charge in [-0.3, -0.25) is 4.79 Å². The van der Waals surface area contributed by atoms with Crippen molar-refractivity contribution in [2.24, 2.45) is 0 Å². The molecule has 1 aliphatic rings. The zero-order valence-corrected chi connectivity index (χ0v) is 12.0. The Kier molecular flexibility index (Phi) is 6.79. The first kappa shape index (κ1) is 15.9. The molecule has 2 rings (SSSR count). The number of hydrogen-bond donors (Lipinski definition) is 1. The number of benzene rings is 1. The van der Waals surface area contributed by atoms with E-state index in [4.69, 9.17) is 5.41 Å². The summed E-state index contributed by atoms with van der Waals surface area (Å²) in [7, 11) is 0. The maximum absolute atomic E-state index is 12.0. The number of ketones is 1. The third kappa shape index (κ3) is 4.46. The lowest BCUT2D eigenvalue weighted by molar-refractivity contribution is -0.113. The molecule has 1 unspecified atom stereocenters. The Bertz CT molecular complexity index is 416. The monoisotopic (exact) mass is 279 g/mol. The van der Waals surface area contributed by atoms with Crippen LogP contribution in [0.4, 0.5) is 0 Å². The van der Waals surface area contributed by atoms with Gasteiger partial charge >= 0.3 is 0 Å². The van der Waals surface area contributed by atoms with E-state index in [1.807, 2.05) is 30.3 Å². The summed E-state index contributed by atoms with van der Waals surface area (Å²) in [6, 6.07) is 10.0. The Morgan fingerprint density at radius 2 is 1.58 bits per heavy atom. The molecule has 1 aliphatic carbocycles. The van der Waals surface area contributed by atoms with Crippen molar-refractivity contribution in [2.45, 2.75) is 50.9 Å². The molecule has 0 amide bonds. The first-order valence-corrected chi connectivity index (χ1v) is 6.95. The van der Waals surface area contributed by atoms with Gasteiger partial charge in [0.25, 0.3) is 0 Å². The molecule has 0 radical (unpaired) electrons. The van der Waals surface area contributed by atoms with Crippen LogP contribution in [0.3, 0.4) is 0 Å². The van der Waals surface area contributed by atoms with E-state index in [1.165, 1.54) is 12.8 Å². The van der Waals surface area contributed by atoms with Crippen LogP contribution in [-0.2, 0) is 4.79 Å². The first-order valence-electron chi connectivity index (χ1n) is 6.95. The van der Waals surface area contributed by atoms with E-state index < -0.39 is 0 Å². The van der Waals surface area contributed by atoms with Crippen molar-refractivity contribution >= 4 is 23.9 Å². The fourth-order valence-corrected chi connectivity index (χ4v) is 2.66. The maximum Gasteiger partial charge on any atom is 0.176 e. The summed E-state index contributed by atoms with van der Waals surface area (Å²) in [6.07, 6.45) is 7.15. The van der Waals surface area contributed by atoms with Gasteiger partial charge in [-0.05, 0) is 18.4 Å². The average molecular weight is 280 g/mol. The molecule has 104 valence electrons. The van der Waals surface area contributed by atoms with Crippen LogP contribution in [0.25, 0.3) is 0 Å². The van der Waals surface area contributed by atoms with Crippen LogP contribution in [-0.4, -0.2) is 11.5 Å². The lowest BCUT2D eigenvalue weighted by Gasteiger charge is -2.19. The normalized spacial score (nSPS) is 21.6. The van der Waals surface area contributed by atoms with Gasteiger partial charge in [0.05, 0.1) is 5.71 Å². The minimum atomic E-state index is 0. The van der Waals surface area contributed by atoms with Crippen molar-refractivity contribution in [2.75, 3.05) is 0 Å². The molecule has 1 N–H and O–H groups in total. The Hall–Kier alpha value is -1.15. The van der Waals surface area contributed by atoms with E-state index in [1.54, 1.807) is 0 Å². The number of carbonyl (C=O) groups excluding carboxylic acids is 1. The molecule has 1 aromatic carbocycles. The Labute approximate surface area is 121 Å². The second kappa shape index (κ2) is 8.11. The van der Waals surface area contributed by atoms with Crippen molar-refractivity contribution in [1.29, 1.82) is 5.41 Å². The Balaban J connectivity index is 0.00000180. The van der Waals surface area contributed by atoms with Gasteiger partial charge in [-0.15, -0.1) is 12.4 Å². The topological polar surface area (TPSA) is 40.9 Å². The maximum atomic E-state index is 12.0. The smallest absolute Gasteiger partial charge is 0.176 e. The zero-order chi connectivity index (χ0) is 12.8. The van der Waals surface area contributed by atoms with E-state index in [0.717, 1.165) is 31.2 Å². The number of hydrogen-bond acceptors (Lipinski definition) is 2. The van der Waals surface area contributed by atoms with Gasteiger partial charge in [0, 0.05) is 12.3 Å². The Morgan fingerprint density at radius 3 is 2.32 bits per heavy atom. The van der Waals surface area contributed by atoms with Crippen LogP contribution >= 0.6 is 12.4 Å². The van der Waals surface area contributed by atoms with Gasteiger partial charge in [0.2, 0.25) is 0 Å². The summed E-state index contributed by atoms with van der Waals surface area (Å²) in [5, 5.41) is 8.15. The van der Waals surface area contributed by atoms with Crippen LogP contribution < -0.4 is 0 Å². The molecule has 1 fully saturated rings. The molecule has 0 heterocycles. The molecule has 3 heteroatoms. The van der Waals surface area contributed by atoms with Crippen LogP contribution in [0.5, 0.6) is 0 Å². The summed E-state index contributed by atoms with van der Waals surface area (Å²) in [6.45, 7) is 0. The molecule has 0 bridgehead atoms. The first-order chi connectivity index (χ1) is 8.79. The van der Waals surface area contributed by atoms with E-state index in [9.17, 15) is 4.79 Å². The quantitative estimate of drug-likeness (QED) is 0.806. The van der Waals surface area contributed by atoms with Crippen molar-refractivity contribution in [1.82, 2.24) is 0 Å².